The Morgan fingerprint density at radius 1 is 1.17 bits per heavy atom. The Balaban J connectivity index is 2.02. The lowest BCUT2D eigenvalue weighted by molar-refractivity contribution is -0.119. The predicted octanol–water partition coefficient (Wildman–Crippen LogP) is 2.72. The first-order valence-electron chi connectivity index (χ1n) is 9.58. The topological polar surface area (TPSA) is 88.7 Å². The number of nitrogens with two attached hydrogens (primary N) is 1. The van der Waals surface area contributed by atoms with Crippen LogP contribution in [-0.4, -0.2) is 31.6 Å². The van der Waals surface area contributed by atoms with Crippen molar-refractivity contribution in [3.63, 3.8) is 0 Å². The lowest BCUT2D eigenvalue weighted by atomic mass is 9.84. The minimum absolute atomic E-state index is 0.161. The average molecular weight is 400 g/mol. The monoisotopic (exact) mass is 400 g/mol. The summed E-state index contributed by atoms with van der Waals surface area (Å²) in [6.07, 6.45) is 0. The number of primary amides is 1. The van der Waals surface area contributed by atoms with Crippen LogP contribution >= 0.6 is 0 Å². The third kappa shape index (κ3) is 7.44. The number of hydrogen-bond acceptors (Lipinski definition) is 3. The highest BCUT2D eigenvalue weighted by molar-refractivity contribution is 5.79. The Hall–Kier alpha value is -3.09. The molecule has 0 aliphatic rings. The fraction of sp³-hybridized carbons (Fsp3) is 0.364. The van der Waals surface area contributed by atoms with Gasteiger partial charge in [-0.2, -0.15) is 0 Å². The average Bonchev–Trinajstić information content (AvgIpc) is 2.69. The van der Waals surface area contributed by atoms with Crippen molar-refractivity contribution in [1.82, 2.24) is 10.6 Å². The van der Waals surface area contributed by atoms with Crippen LogP contribution < -0.4 is 21.1 Å². The Morgan fingerprint density at radius 3 is 2.62 bits per heavy atom. The molecule has 0 radical (unpaired) electrons. The molecule has 0 atom stereocenters. The highest BCUT2D eigenvalue weighted by Crippen LogP contribution is 2.22. The van der Waals surface area contributed by atoms with Crippen LogP contribution in [0.15, 0.2) is 53.5 Å². The van der Waals surface area contributed by atoms with Gasteiger partial charge in [-0.15, -0.1) is 0 Å². The van der Waals surface area contributed by atoms with Crippen molar-refractivity contribution >= 4 is 11.9 Å². The number of nitrogens with one attached hydrogen (secondary N) is 2. The summed E-state index contributed by atoms with van der Waals surface area (Å²) in [5.74, 6) is 0.477. The number of amides is 1. The van der Waals surface area contributed by atoms with Gasteiger partial charge < -0.3 is 21.1 Å². The van der Waals surface area contributed by atoms with Gasteiger partial charge in [0.1, 0.15) is 11.6 Å². The Kier molecular flexibility index (Phi) is 8.00. The second-order valence-corrected chi connectivity index (χ2v) is 7.35. The second-order valence-electron chi connectivity index (χ2n) is 7.35. The normalized spacial score (nSPS) is 11.8. The molecule has 0 heterocycles. The number of rotatable bonds is 9. The van der Waals surface area contributed by atoms with Gasteiger partial charge in [-0.05, 0) is 42.3 Å². The van der Waals surface area contributed by atoms with Crippen LogP contribution in [0.1, 0.15) is 31.9 Å². The molecule has 0 aromatic heterocycles. The molecule has 0 fully saturated rings. The summed E-state index contributed by atoms with van der Waals surface area (Å²) in [6.45, 7) is 7.68. The van der Waals surface area contributed by atoms with E-state index in [4.69, 9.17) is 10.5 Å². The number of nitrogens with zero attached hydrogens (tertiary/aromatic N) is 1. The van der Waals surface area contributed by atoms with Crippen molar-refractivity contribution in [2.75, 3.05) is 19.7 Å². The van der Waals surface area contributed by atoms with Crippen molar-refractivity contribution in [2.45, 2.75) is 32.7 Å². The molecule has 6 nitrogen and oxygen atoms in total. The zero-order valence-electron chi connectivity index (χ0n) is 17.2. The molecule has 0 saturated heterocycles. The minimum Gasteiger partial charge on any atom is -0.484 e. The Labute approximate surface area is 171 Å². The molecular weight excluding hydrogens is 371 g/mol. The number of hydrogen-bond donors (Lipinski definition) is 3. The van der Waals surface area contributed by atoms with Gasteiger partial charge in [0.2, 0.25) is 0 Å². The number of guanidine groups is 1. The van der Waals surface area contributed by atoms with Gasteiger partial charge in [-0.25, -0.2) is 9.38 Å². The molecular formula is C22H29FN4O2. The molecule has 0 aliphatic heterocycles. The highest BCUT2D eigenvalue weighted by atomic mass is 19.1. The van der Waals surface area contributed by atoms with Gasteiger partial charge in [0.15, 0.2) is 12.6 Å². The van der Waals surface area contributed by atoms with Crippen LogP contribution in [0.3, 0.4) is 0 Å². The molecule has 7 heteroatoms. The van der Waals surface area contributed by atoms with E-state index in [1.165, 1.54) is 6.07 Å². The largest absolute Gasteiger partial charge is 0.484 e. The number of carbonyl (C=O) groups is 1. The summed E-state index contributed by atoms with van der Waals surface area (Å²) in [6, 6.07) is 14.0. The maximum atomic E-state index is 13.6. The molecule has 0 bridgehead atoms. The Bertz CT molecular complexity index is 852. The third-order valence-electron chi connectivity index (χ3n) is 4.35. The molecule has 0 saturated carbocycles. The summed E-state index contributed by atoms with van der Waals surface area (Å²) in [4.78, 5) is 15.5. The molecule has 2 aromatic carbocycles. The number of halogens is 1. The van der Waals surface area contributed by atoms with Gasteiger partial charge in [0.25, 0.3) is 5.91 Å². The first-order chi connectivity index (χ1) is 13.8. The van der Waals surface area contributed by atoms with Crippen LogP contribution in [0.4, 0.5) is 4.39 Å². The summed E-state index contributed by atoms with van der Waals surface area (Å²) >= 11 is 0. The van der Waals surface area contributed by atoms with Gasteiger partial charge in [-0.1, -0.05) is 38.1 Å². The van der Waals surface area contributed by atoms with Crippen molar-refractivity contribution in [2.24, 2.45) is 10.7 Å². The van der Waals surface area contributed by atoms with Crippen molar-refractivity contribution in [3.05, 3.63) is 65.5 Å². The van der Waals surface area contributed by atoms with E-state index in [1.54, 1.807) is 18.2 Å². The van der Waals surface area contributed by atoms with Crippen LogP contribution in [0, 0.1) is 5.82 Å². The summed E-state index contributed by atoms with van der Waals surface area (Å²) in [5, 5.41) is 6.54. The molecule has 0 aliphatic carbocycles. The molecule has 2 rings (SSSR count). The fourth-order valence-corrected chi connectivity index (χ4v) is 2.72. The molecule has 0 spiro atoms. The minimum atomic E-state index is -0.520. The Morgan fingerprint density at radius 2 is 1.93 bits per heavy atom. The lowest BCUT2D eigenvalue weighted by Crippen LogP contribution is -2.43. The number of carbonyl (C=O) groups excluding carboxylic acids is 1. The standard InChI is InChI=1S/C22H29FN4O2/c1-4-25-21(27-15-22(2,3)17-8-6-9-18(23)12-17)26-13-16-7-5-10-19(11-16)29-14-20(24)28/h5-12H,4,13-15H2,1-3H3,(H2,24,28)(H2,25,26,27). The van der Waals surface area contributed by atoms with Gasteiger partial charge >= 0.3 is 0 Å². The van der Waals surface area contributed by atoms with E-state index in [2.05, 4.69) is 29.5 Å². The second kappa shape index (κ2) is 10.5. The quantitative estimate of drug-likeness (QED) is 0.446. The van der Waals surface area contributed by atoms with E-state index < -0.39 is 5.91 Å². The van der Waals surface area contributed by atoms with E-state index in [0.29, 0.717) is 31.3 Å². The first kappa shape index (κ1) is 22.2. The molecule has 0 unspecified atom stereocenters. The smallest absolute Gasteiger partial charge is 0.255 e. The maximum absolute atomic E-state index is 13.6. The zero-order valence-corrected chi connectivity index (χ0v) is 17.2. The highest BCUT2D eigenvalue weighted by Gasteiger charge is 2.21. The van der Waals surface area contributed by atoms with Crippen LogP contribution in [0.2, 0.25) is 0 Å². The molecule has 1 amide bonds. The van der Waals surface area contributed by atoms with Crippen molar-refractivity contribution in [1.29, 1.82) is 0 Å². The molecule has 29 heavy (non-hydrogen) atoms. The fourth-order valence-electron chi connectivity index (χ4n) is 2.72. The van der Waals surface area contributed by atoms with Crippen molar-refractivity contribution < 1.29 is 13.9 Å². The van der Waals surface area contributed by atoms with Gasteiger partial charge in [-0.3, -0.25) is 4.79 Å². The lowest BCUT2D eigenvalue weighted by Gasteiger charge is -2.27. The van der Waals surface area contributed by atoms with Gasteiger partial charge in [0, 0.05) is 18.5 Å². The van der Waals surface area contributed by atoms with E-state index >= 15 is 0 Å². The first-order valence-corrected chi connectivity index (χ1v) is 9.58. The maximum Gasteiger partial charge on any atom is 0.255 e. The van der Waals surface area contributed by atoms with E-state index in [-0.39, 0.29) is 17.8 Å². The third-order valence-corrected chi connectivity index (χ3v) is 4.35. The number of benzene rings is 2. The van der Waals surface area contributed by atoms with Gasteiger partial charge in [0.05, 0.1) is 6.54 Å². The van der Waals surface area contributed by atoms with Crippen molar-refractivity contribution in [3.8, 4) is 5.75 Å². The SMILES string of the molecule is CCNC(=NCc1cccc(OCC(N)=O)c1)NCC(C)(C)c1cccc(F)c1. The number of ether oxygens (including phenoxy) is 1. The summed E-state index contributed by atoms with van der Waals surface area (Å²) < 4.78 is 18.9. The van der Waals surface area contributed by atoms with Crippen LogP contribution in [0.25, 0.3) is 0 Å². The van der Waals surface area contributed by atoms with Crippen LogP contribution in [-0.2, 0) is 16.8 Å². The zero-order chi connectivity index (χ0) is 21.3. The van der Waals surface area contributed by atoms with Crippen LogP contribution in [0.5, 0.6) is 5.75 Å². The summed E-state index contributed by atoms with van der Waals surface area (Å²) in [5.41, 5.74) is 6.68. The predicted molar refractivity (Wildman–Crippen MR) is 113 cm³/mol. The van der Waals surface area contributed by atoms with E-state index in [9.17, 15) is 9.18 Å². The van der Waals surface area contributed by atoms with E-state index in [0.717, 1.165) is 11.1 Å². The summed E-state index contributed by atoms with van der Waals surface area (Å²) in [7, 11) is 0. The van der Waals surface area contributed by atoms with E-state index in [1.807, 2.05) is 31.2 Å². The molecule has 156 valence electrons. The number of aliphatic imine (C=N–C) groups is 1. The molecule has 2 aromatic rings. The molecule has 4 N–H and O–H groups in total.